The highest BCUT2D eigenvalue weighted by molar-refractivity contribution is 8.00. The van der Waals surface area contributed by atoms with Gasteiger partial charge in [0.05, 0.1) is 0 Å². The third-order valence-electron chi connectivity index (χ3n) is 3.35. The van der Waals surface area contributed by atoms with Crippen LogP contribution in [0.3, 0.4) is 0 Å². The summed E-state index contributed by atoms with van der Waals surface area (Å²) < 4.78 is 27.9. The van der Waals surface area contributed by atoms with E-state index in [4.69, 9.17) is 0 Å². The molecule has 2 nitrogen and oxygen atoms in total. The zero-order valence-electron chi connectivity index (χ0n) is 10.3. The largest absolute Gasteiger partial charge is 0.362 e. The molecule has 0 saturated carbocycles. The molecule has 1 aliphatic rings. The van der Waals surface area contributed by atoms with E-state index in [1.807, 2.05) is 6.92 Å². The Labute approximate surface area is 109 Å². The van der Waals surface area contributed by atoms with E-state index in [1.165, 1.54) is 0 Å². The van der Waals surface area contributed by atoms with Crippen molar-refractivity contribution in [2.45, 2.75) is 25.1 Å². The minimum absolute atomic E-state index is 0.0137. The number of halogens is 2. The SMILES string of the molecule is CC1SCCN(c2c(F)cc(C=O)cc2F)C1C. The first-order valence-electron chi connectivity index (χ1n) is 5.87. The molecule has 98 valence electrons. The molecule has 1 fully saturated rings. The summed E-state index contributed by atoms with van der Waals surface area (Å²) in [5, 5.41) is 0.322. The number of carbonyl (C=O) groups is 1. The second kappa shape index (κ2) is 5.26. The van der Waals surface area contributed by atoms with Gasteiger partial charge in [-0.1, -0.05) is 6.92 Å². The Bertz CT molecular complexity index is 443. The molecule has 2 atom stereocenters. The van der Waals surface area contributed by atoms with Gasteiger partial charge in [-0.15, -0.1) is 0 Å². The fourth-order valence-corrected chi connectivity index (χ4v) is 3.28. The first kappa shape index (κ1) is 13.3. The summed E-state index contributed by atoms with van der Waals surface area (Å²) >= 11 is 1.80. The lowest BCUT2D eigenvalue weighted by Crippen LogP contribution is -2.45. The lowest BCUT2D eigenvalue weighted by molar-refractivity contribution is 0.112. The van der Waals surface area contributed by atoms with Crippen LogP contribution >= 0.6 is 11.8 Å². The molecule has 1 aromatic rings. The number of aldehydes is 1. The molecule has 2 rings (SSSR count). The van der Waals surface area contributed by atoms with Gasteiger partial charge in [-0.25, -0.2) is 8.78 Å². The maximum absolute atomic E-state index is 13.9. The normalized spacial score (nSPS) is 24.1. The second-order valence-electron chi connectivity index (χ2n) is 4.46. The molecule has 1 aliphatic heterocycles. The summed E-state index contributed by atoms with van der Waals surface area (Å²) in [6, 6.07) is 2.24. The van der Waals surface area contributed by atoms with E-state index in [0.29, 0.717) is 18.1 Å². The molecule has 18 heavy (non-hydrogen) atoms. The van der Waals surface area contributed by atoms with Crippen molar-refractivity contribution in [3.63, 3.8) is 0 Å². The molecule has 0 aliphatic carbocycles. The number of benzene rings is 1. The molecule has 5 heteroatoms. The molecule has 0 spiro atoms. The maximum Gasteiger partial charge on any atom is 0.150 e. The van der Waals surface area contributed by atoms with Crippen molar-refractivity contribution in [1.29, 1.82) is 0 Å². The quantitative estimate of drug-likeness (QED) is 0.771. The van der Waals surface area contributed by atoms with E-state index < -0.39 is 11.6 Å². The Hall–Kier alpha value is -1.10. The second-order valence-corrected chi connectivity index (χ2v) is 5.95. The van der Waals surface area contributed by atoms with Crippen molar-refractivity contribution in [3.8, 4) is 0 Å². The highest BCUT2D eigenvalue weighted by atomic mass is 32.2. The van der Waals surface area contributed by atoms with Crippen molar-refractivity contribution in [2.75, 3.05) is 17.2 Å². The number of nitrogens with zero attached hydrogens (tertiary/aromatic N) is 1. The van der Waals surface area contributed by atoms with Crippen LogP contribution in [0.4, 0.5) is 14.5 Å². The minimum Gasteiger partial charge on any atom is -0.362 e. The van der Waals surface area contributed by atoms with E-state index in [2.05, 4.69) is 6.92 Å². The highest BCUT2D eigenvalue weighted by Crippen LogP contribution is 2.32. The zero-order valence-corrected chi connectivity index (χ0v) is 11.1. The first-order chi connectivity index (χ1) is 8.54. The Balaban J connectivity index is 2.41. The molecule has 0 radical (unpaired) electrons. The van der Waals surface area contributed by atoms with Crippen LogP contribution in [-0.4, -0.2) is 29.9 Å². The van der Waals surface area contributed by atoms with E-state index >= 15 is 0 Å². The zero-order chi connectivity index (χ0) is 13.3. The van der Waals surface area contributed by atoms with E-state index in [9.17, 15) is 13.6 Å². The molecule has 0 amide bonds. The van der Waals surface area contributed by atoms with E-state index in [0.717, 1.165) is 17.9 Å². The summed E-state index contributed by atoms with van der Waals surface area (Å²) in [6.45, 7) is 4.63. The van der Waals surface area contributed by atoms with Crippen LogP contribution in [0.1, 0.15) is 24.2 Å². The maximum atomic E-state index is 13.9. The number of rotatable bonds is 2. The number of carbonyl (C=O) groups excluding carboxylic acids is 1. The summed E-state index contributed by atoms with van der Waals surface area (Å²) in [6.07, 6.45) is 0.452. The first-order valence-corrected chi connectivity index (χ1v) is 6.92. The predicted octanol–water partition coefficient (Wildman–Crippen LogP) is 3.11. The van der Waals surface area contributed by atoms with E-state index in [1.54, 1.807) is 16.7 Å². The van der Waals surface area contributed by atoms with Gasteiger partial charge < -0.3 is 4.90 Å². The van der Waals surface area contributed by atoms with Crippen molar-refractivity contribution in [3.05, 3.63) is 29.3 Å². The Morgan fingerprint density at radius 3 is 2.50 bits per heavy atom. The van der Waals surface area contributed by atoms with Gasteiger partial charge in [0.1, 0.15) is 23.6 Å². The molecule has 0 N–H and O–H groups in total. The van der Waals surface area contributed by atoms with Crippen LogP contribution in [0.2, 0.25) is 0 Å². The average Bonchev–Trinajstić information content (AvgIpc) is 2.33. The summed E-state index contributed by atoms with van der Waals surface area (Å²) in [4.78, 5) is 12.3. The predicted molar refractivity (Wildman–Crippen MR) is 70.5 cm³/mol. The van der Waals surface area contributed by atoms with Gasteiger partial charge in [0.2, 0.25) is 0 Å². The molecule has 0 aromatic heterocycles. The number of anilines is 1. The number of hydrogen-bond donors (Lipinski definition) is 0. The summed E-state index contributed by atoms with van der Waals surface area (Å²) in [5.41, 5.74) is 0.0149. The highest BCUT2D eigenvalue weighted by Gasteiger charge is 2.29. The molecule has 1 heterocycles. The Morgan fingerprint density at radius 2 is 1.94 bits per heavy atom. The van der Waals surface area contributed by atoms with Crippen LogP contribution in [0.5, 0.6) is 0 Å². The fraction of sp³-hybridized carbons (Fsp3) is 0.462. The van der Waals surface area contributed by atoms with Crippen molar-refractivity contribution < 1.29 is 13.6 Å². The van der Waals surface area contributed by atoms with Gasteiger partial charge in [-0.2, -0.15) is 11.8 Å². The standard InChI is InChI=1S/C13H15F2NOS/c1-8-9(2)18-4-3-16(8)13-11(14)5-10(7-17)6-12(13)15/h5-9H,3-4H2,1-2H3. The average molecular weight is 271 g/mol. The fourth-order valence-electron chi connectivity index (χ4n) is 2.18. The Morgan fingerprint density at radius 1 is 1.33 bits per heavy atom. The van der Waals surface area contributed by atoms with Crippen LogP contribution in [-0.2, 0) is 0 Å². The van der Waals surface area contributed by atoms with Crippen molar-refractivity contribution in [2.24, 2.45) is 0 Å². The third-order valence-corrected chi connectivity index (χ3v) is 4.68. The minimum atomic E-state index is -0.664. The molecule has 1 aromatic carbocycles. The Kier molecular flexibility index (Phi) is 3.90. The van der Waals surface area contributed by atoms with Gasteiger partial charge in [-0.05, 0) is 19.1 Å². The van der Waals surface area contributed by atoms with Gasteiger partial charge in [-0.3, -0.25) is 4.79 Å². The molecular formula is C13H15F2NOS. The monoisotopic (exact) mass is 271 g/mol. The lowest BCUT2D eigenvalue weighted by atomic mass is 10.1. The van der Waals surface area contributed by atoms with Crippen molar-refractivity contribution in [1.82, 2.24) is 0 Å². The number of thioether (sulfide) groups is 1. The molecule has 0 bridgehead atoms. The molecular weight excluding hydrogens is 256 g/mol. The molecule has 2 unspecified atom stereocenters. The third kappa shape index (κ3) is 2.36. The lowest BCUT2D eigenvalue weighted by Gasteiger charge is -2.39. The van der Waals surface area contributed by atoms with Crippen molar-refractivity contribution >= 4 is 23.7 Å². The smallest absolute Gasteiger partial charge is 0.150 e. The summed E-state index contributed by atoms with van der Waals surface area (Å²) in [5.74, 6) is -0.481. The number of hydrogen-bond acceptors (Lipinski definition) is 3. The van der Waals surface area contributed by atoms with Gasteiger partial charge >= 0.3 is 0 Å². The van der Waals surface area contributed by atoms with Gasteiger partial charge in [0.25, 0.3) is 0 Å². The molecule has 1 saturated heterocycles. The van der Waals surface area contributed by atoms with Crippen LogP contribution in [0.25, 0.3) is 0 Å². The summed E-state index contributed by atoms with van der Waals surface area (Å²) in [7, 11) is 0. The van der Waals surface area contributed by atoms with Gasteiger partial charge in [0, 0.05) is 29.2 Å². The van der Waals surface area contributed by atoms with E-state index in [-0.39, 0.29) is 17.3 Å². The van der Waals surface area contributed by atoms with Gasteiger partial charge in [0.15, 0.2) is 0 Å². The van der Waals surface area contributed by atoms with Crippen LogP contribution in [0, 0.1) is 11.6 Å². The van der Waals surface area contributed by atoms with Crippen LogP contribution < -0.4 is 4.90 Å². The topological polar surface area (TPSA) is 20.3 Å². The van der Waals surface area contributed by atoms with Crippen LogP contribution in [0.15, 0.2) is 12.1 Å².